The quantitative estimate of drug-likeness (QED) is 0.920. The number of anilines is 1. The second-order valence-corrected chi connectivity index (χ2v) is 5.85. The third kappa shape index (κ3) is 3.47. The standard InChI is InChI=1S/C14H17ClFN3/c1-14(2,3)19-9-10(8-18-19)7-17-11-4-5-13(16)12(15)6-11/h4-6,8-9,17H,7H2,1-3H3. The molecule has 0 saturated heterocycles. The number of benzene rings is 1. The SMILES string of the molecule is CC(C)(C)n1cc(CNc2ccc(F)c(Cl)c2)cn1. The van der Waals surface area contributed by atoms with Crippen LogP contribution in [0.15, 0.2) is 30.6 Å². The fourth-order valence-corrected chi connectivity index (χ4v) is 1.81. The van der Waals surface area contributed by atoms with Gasteiger partial charge < -0.3 is 5.32 Å². The van der Waals surface area contributed by atoms with Crippen molar-refractivity contribution in [2.24, 2.45) is 0 Å². The van der Waals surface area contributed by atoms with Crippen molar-refractivity contribution >= 4 is 17.3 Å². The molecule has 19 heavy (non-hydrogen) atoms. The monoisotopic (exact) mass is 281 g/mol. The van der Waals surface area contributed by atoms with E-state index in [0.717, 1.165) is 11.3 Å². The highest BCUT2D eigenvalue weighted by Gasteiger charge is 2.13. The van der Waals surface area contributed by atoms with Gasteiger partial charge in [-0.2, -0.15) is 5.10 Å². The summed E-state index contributed by atoms with van der Waals surface area (Å²) in [4.78, 5) is 0. The molecule has 1 aromatic heterocycles. The van der Waals surface area contributed by atoms with Crippen LogP contribution >= 0.6 is 11.6 Å². The third-order valence-corrected chi connectivity index (χ3v) is 3.03. The zero-order valence-electron chi connectivity index (χ0n) is 11.2. The van der Waals surface area contributed by atoms with E-state index in [1.807, 2.05) is 17.1 Å². The number of nitrogens with one attached hydrogen (secondary N) is 1. The Balaban J connectivity index is 2.02. The average Bonchev–Trinajstić information content (AvgIpc) is 2.79. The Kier molecular flexibility index (Phi) is 3.80. The van der Waals surface area contributed by atoms with Crippen molar-refractivity contribution in [2.45, 2.75) is 32.9 Å². The summed E-state index contributed by atoms with van der Waals surface area (Å²) < 4.78 is 14.9. The van der Waals surface area contributed by atoms with Gasteiger partial charge in [0.2, 0.25) is 0 Å². The smallest absolute Gasteiger partial charge is 0.141 e. The van der Waals surface area contributed by atoms with Gasteiger partial charge in [0.15, 0.2) is 0 Å². The first-order chi connectivity index (χ1) is 8.86. The van der Waals surface area contributed by atoms with E-state index in [-0.39, 0.29) is 10.6 Å². The van der Waals surface area contributed by atoms with E-state index in [0.29, 0.717) is 6.54 Å². The molecule has 3 nitrogen and oxygen atoms in total. The summed E-state index contributed by atoms with van der Waals surface area (Å²) in [5, 5.41) is 7.63. The summed E-state index contributed by atoms with van der Waals surface area (Å²) in [7, 11) is 0. The lowest BCUT2D eigenvalue weighted by molar-refractivity contribution is 0.355. The molecule has 0 saturated carbocycles. The Hall–Kier alpha value is -1.55. The van der Waals surface area contributed by atoms with Gasteiger partial charge >= 0.3 is 0 Å². The van der Waals surface area contributed by atoms with Crippen molar-refractivity contribution < 1.29 is 4.39 Å². The van der Waals surface area contributed by atoms with Gasteiger partial charge in [0, 0.05) is 24.0 Å². The van der Waals surface area contributed by atoms with Gasteiger partial charge in [-0.05, 0) is 39.0 Å². The predicted molar refractivity (Wildman–Crippen MR) is 76.0 cm³/mol. The summed E-state index contributed by atoms with van der Waals surface area (Å²) in [5.41, 5.74) is 1.82. The molecule has 0 fully saturated rings. The molecule has 0 aliphatic heterocycles. The largest absolute Gasteiger partial charge is 0.381 e. The van der Waals surface area contributed by atoms with E-state index in [1.54, 1.807) is 12.1 Å². The summed E-state index contributed by atoms with van der Waals surface area (Å²) in [6.45, 7) is 6.91. The molecule has 5 heteroatoms. The molecule has 102 valence electrons. The molecule has 0 atom stereocenters. The Morgan fingerprint density at radius 1 is 1.37 bits per heavy atom. The van der Waals surface area contributed by atoms with Crippen LogP contribution in [-0.4, -0.2) is 9.78 Å². The Bertz CT molecular complexity index is 572. The van der Waals surface area contributed by atoms with Gasteiger partial charge in [0.1, 0.15) is 5.82 Å². The van der Waals surface area contributed by atoms with Crippen molar-refractivity contribution in [1.82, 2.24) is 9.78 Å². The molecule has 0 radical (unpaired) electrons. The highest BCUT2D eigenvalue weighted by atomic mass is 35.5. The summed E-state index contributed by atoms with van der Waals surface area (Å²) in [6, 6.07) is 4.59. The molecule has 1 N–H and O–H groups in total. The van der Waals surface area contributed by atoms with E-state index in [9.17, 15) is 4.39 Å². The maximum Gasteiger partial charge on any atom is 0.141 e. The number of nitrogens with zero attached hydrogens (tertiary/aromatic N) is 2. The number of aromatic nitrogens is 2. The van der Waals surface area contributed by atoms with E-state index < -0.39 is 5.82 Å². The molecule has 0 spiro atoms. The van der Waals surface area contributed by atoms with Crippen LogP contribution in [0.5, 0.6) is 0 Å². The molecular formula is C14H17ClFN3. The minimum Gasteiger partial charge on any atom is -0.381 e. The maximum absolute atomic E-state index is 13.0. The molecule has 0 bridgehead atoms. The van der Waals surface area contributed by atoms with Gasteiger partial charge in [0.25, 0.3) is 0 Å². The topological polar surface area (TPSA) is 29.9 Å². The molecule has 1 heterocycles. The molecule has 0 aliphatic rings. The van der Waals surface area contributed by atoms with E-state index in [4.69, 9.17) is 11.6 Å². The average molecular weight is 282 g/mol. The van der Waals surface area contributed by atoms with Crippen LogP contribution in [0.1, 0.15) is 26.3 Å². The lowest BCUT2D eigenvalue weighted by Crippen LogP contribution is -2.21. The molecule has 0 unspecified atom stereocenters. The van der Waals surface area contributed by atoms with Crippen molar-refractivity contribution in [3.05, 3.63) is 47.0 Å². The maximum atomic E-state index is 13.0. The normalized spacial score (nSPS) is 11.6. The summed E-state index contributed by atoms with van der Waals surface area (Å²) in [6.07, 6.45) is 3.82. The molecule has 2 aromatic rings. The van der Waals surface area contributed by atoms with Crippen LogP contribution in [0, 0.1) is 5.82 Å². The van der Waals surface area contributed by atoms with Gasteiger partial charge in [-0.1, -0.05) is 11.6 Å². The lowest BCUT2D eigenvalue weighted by Gasteiger charge is -2.18. The van der Waals surface area contributed by atoms with E-state index in [2.05, 4.69) is 31.2 Å². The highest BCUT2D eigenvalue weighted by Crippen LogP contribution is 2.20. The fourth-order valence-electron chi connectivity index (χ4n) is 1.63. The zero-order chi connectivity index (χ0) is 14.0. The highest BCUT2D eigenvalue weighted by molar-refractivity contribution is 6.31. The van der Waals surface area contributed by atoms with Crippen LogP contribution in [0.2, 0.25) is 5.02 Å². The second kappa shape index (κ2) is 5.21. The minimum absolute atomic E-state index is 0.0303. The van der Waals surface area contributed by atoms with Gasteiger partial charge in [0.05, 0.1) is 16.8 Å². The van der Waals surface area contributed by atoms with Crippen molar-refractivity contribution in [2.75, 3.05) is 5.32 Å². The number of rotatable bonds is 3. The Morgan fingerprint density at radius 2 is 2.11 bits per heavy atom. The Morgan fingerprint density at radius 3 is 2.68 bits per heavy atom. The second-order valence-electron chi connectivity index (χ2n) is 5.45. The summed E-state index contributed by atoms with van der Waals surface area (Å²) >= 11 is 5.73. The molecule has 0 amide bonds. The van der Waals surface area contributed by atoms with Crippen LogP contribution in [0.4, 0.5) is 10.1 Å². The van der Waals surface area contributed by atoms with Crippen molar-refractivity contribution in [3.63, 3.8) is 0 Å². The number of hydrogen-bond acceptors (Lipinski definition) is 2. The summed E-state index contributed by atoms with van der Waals surface area (Å²) in [5.74, 6) is -0.409. The number of halogens is 2. The molecule has 1 aromatic carbocycles. The van der Waals surface area contributed by atoms with Gasteiger partial charge in [-0.3, -0.25) is 4.68 Å². The fraction of sp³-hybridized carbons (Fsp3) is 0.357. The van der Waals surface area contributed by atoms with Gasteiger partial charge in [-0.15, -0.1) is 0 Å². The first-order valence-electron chi connectivity index (χ1n) is 6.09. The van der Waals surface area contributed by atoms with E-state index in [1.165, 1.54) is 6.07 Å². The van der Waals surface area contributed by atoms with Crippen LogP contribution in [-0.2, 0) is 12.1 Å². The first-order valence-corrected chi connectivity index (χ1v) is 6.47. The van der Waals surface area contributed by atoms with Crippen LogP contribution in [0.25, 0.3) is 0 Å². The Labute approximate surface area is 117 Å². The molecule has 0 aliphatic carbocycles. The van der Waals surface area contributed by atoms with Crippen LogP contribution < -0.4 is 5.32 Å². The zero-order valence-corrected chi connectivity index (χ0v) is 12.0. The first kappa shape index (κ1) is 13.9. The predicted octanol–water partition coefficient (Wildman–Crippen LogP) is 4.04. The lowest BCUT2D eigenvalue weighted by atomic mass is 10.1. The van der Waals surface area contributed by atoms with Crippen molar-refractivity contribution in [3.8, 4) is 0 Å². The molecule has 2 rings (SSSR count). The minimum atomic E-state index is -0.409. The number of hydrogen-bond donors (Lipinski definition) is 1. The van der Waals surface area contributed by atoms with Crippen LogP contribution in [0.3, 0.4) is 0 Å². The molecular weight excluding hydrogens is 265 g/mol. The van der Waals surface area contributed by atoms with E-state index >= 15 is 0 Å². The van der Waals surface area contributed by atoms with Crippen molar-refractivity contribution in [1.29, 1.82) is 0 Å². The van der Waals surface area contributed by atoms with Gasteiger partial charge in [-0.25, -0.2) is 4.39 Å². The third-order valence-electron chi connectivity index (χ3n) is 2.74.